The molecule has 188 valence electrons. The molecular formula is C27H34N2O6. The summed E-state index contributed by atoms with van der Waals surface area (Å²) in [4.78, 5) is 29.9. The van der Waals surface area contributed by atoms with Gasteiger partial charge in [-0.15, -0.1) is 0 Å². The molecule has 0 radical (unpaired) electrons. The molecule has 8 heteroatoms. The minimum Gasteiger partial charge on any atom is -0.507 e. The van der Waals surface area contributed by atoms with E-state index in [4.69, 9.17) is 14.2 Å². The van der Waals surface area contributed by atoms with Crippen molar-refractivity contribution < 1.29 is 28.9 Å². The topological polar surface area (TPSA) is 88.5 Å². The SMILES string of the molecule is CCCOc1ccc(C(O)=C2C(=O)C(=O)N(CCCN(C)C)[C@@H]2c2cccc(OC)c2OC)cc1. The molecule has 0 bridgehead atoms. The normalized spacial score (nSPS) is 17.2. The molecule has 8 nitrogen and oxygen atoms in total. The van der Waals surface area contributed by atoms with Gasteiger partial charge >= 0.3 is 0 Å². The number of ether oxygens (including phenoxy) is 3. The van der Waals surface area contributed by atoms with Gasteiger partial charge in [-0.05, 0) is 63.8 Å². The van der Waals surface area contributed by atoms with Gasteiger partial charge in [0.1, 0.15) is 11.5 Å². The Hall–Kier alpha value is -3.52. The van der Waals surface area contributed by atoms with Crippen molar-refractivity contribution >= 4 is 17.4 Å². The molecule has 1 N–H and O–H groups in total. The molecule has 0 saturated carbocycles. The van der Waals surface area contributed by atoms with E-state index in [0.717, 1.165) is 13.0 Å². The molecular weight excluding hydrogens is 448 g/mol. The quantitative estimate of drug-likeness (QED) is 0.296. The summed E-state index contributed by atoms with van der Waals surface area (Å²) in [5, 5.41) is 11.3. The van der Waals surface area contributed by atoms with E-state index in [1.54, 1.807) is 42.5 Å². The van der Waals surface area contributed by atoms with E-state index in [9.17, 15) is 14.7 Å². The van der Waals surface area contributed by atoms with Crippen molar-refractivity contribution in [3.05, 3.63) is 59.2 Å². The predicted octanol–water partition coefficient (Wildman–Crippen LogP) is 3.87. The zero-order valence-electron chi connectivity index (χ0n) is 21.0. The summed E-state index contributed by atoms with van der Waals surface area (Å²) in [6.07, 6.45) is 1.54. The zero-order valence-corrected chi connectivity index (χ0v) is 21.0. The molecule has 0 spiro atoms. The first kappa shape index (κ1) is 26.1. The number of nitrogens with zero attached hydrogens (tertiary/aromatic N) is 2. The highest BCUT2D eigenvalue weighted by atomic mass is 16.5. The Balaban J connectivity index is 2.12. The van der Waals surface area contributed by atoms with E-state index in [1.165, 1.54) is 19.1 Å². The largest absolute Gasteiger partial charge is 0.507 e. The first-order valence-corrected chi connectivity index (χ1v) is 11.7. The van der Waals surface area contributed by atoms with Gasteiger partial charge in [0.2, 0.25) is 0 Å². The number of aliphatic hydroxyl groups excluding tert-OH is 1. The number of hydrogen-bond acceptors (Lipinski definition) is 7. The lowest BCUT2D eigenvalue weighted by Gasteiger charge is -2.27. The second-order valence-corrected chi connectivity index (χ2v) is 8.60. The van der Waals surface area contributed by atoms with Crippen LogP contribution >= 0.6 is 0 Å². The number of benzene rings is 2. The van der Waals surface area contributed by atoms with Crippen molar-refractivity contribution in [3.8, 4) is 17.2 Å². The molecule has 3 rings (SSSR count). The van der Waals surface area contributed by atoms with Crippen LogP contribution in [0.15, 0.2) is 48.0 Å². The van der Waals surface area contributed by atoms with Crippen LogP contribution in [-0.4, -0.2) is 74.6 Å². The second-order valence-electron chi connectivity index (χ2n) is 8.60. The average Bonchev–Trinajstić information content (AvgIpc) is 3.11. The summed E-state index contributed by atoms with van der Waals surface area (Å²) in [5.41, 5.74) is 1.01. The summed E-state index contributed by atoms with van der Waals surface area (Å²) in [6.45, 7) is 3.68. The van der Waals surface area contributed by atoms with Crippen LogP contribution in [0, 0.1) is 0 Å². The van der Waals surface area contributed by atoms with Crippen LogP contribution < -0.4 is 14.2 Å². The Kier molecular flexibility index (Phi) is 8.76. The number of carbonyl (C=O) groups is 2. The van der Waals surface area contributed by atoms with Gasteiger partial charge in [-0.1, -0.05) is 19.1 Å². The summed E-state index contributed by atoms with van der Waals surface area (Å²) in [6, 6.07) is 11.3. The van der Waals surface area contributed by atoms with Crippen molar-refractivity contribution in [1.82, 2.24) is 9.80 Å². The number of ketones is 1. The van der Waals surface area contributed by atoms with Gasteiger partial charge in [0, 0.05) is 17.7 Å². The Bertz CT molecular complexity index is 1080. The van der Waals surface area contributed by atoms with Crippen molar-refractivity contribution in [2.75, 3.05) is 48.0 Å². The number of amides is 1. The maximum atomic E-state index is 13.3. The van der Waals surface area contributed by atoms with Gasteiger partial charge in [0.25, 0.3) is 11.7 Å². The van der Waals surface area contributed by atoms with Crippen LogP contribution in [-0.2, 0) is 9.59 Å². The number of hydrogen-bond donors (Lipinski definition) is 1. The predicted molar refractivity (Wildman–Crippen MR) is 134 cm³/mol. The third-order valence-corrected chi connectivity index (χ3v) is 5.87. The maximum Gasteiger partial charge on any atom is 0.295 e. The molecule has 1 fully saturated rings. The number of likely N-dealkylation sites (tertiary alicyclic amines) is 1. The highest BCUT2D eigenvalue weighted by Crippen LogP contribution is 2.45. The fourth-order valence-electron chi connectivity index (χ4n) is 4.20. The van der Waals surface area contributed by atoms with E-state index in [0.29, 0.717) is 47.9 Å². The van der Waals surface area contributed by atoms with Gasteiger partial charge in [-0.3, -0.25) is 9.59 Å². The minimum atomic E-state index is -0.821. The van der Waals surface area contributed by atoms with Crippen molar-refractivity contribution in [2.24, 2.45) is 0 Å². The van der Waals surface area contributed by atoms with Gasteiger partial charge in [-0.2, -0.15) is 0 Å². The molecule has 1 heterocycles. The molecule has 0 aliphatic carbocycles. The average molecular weight is 483 g/mol. The van der Waals surface area contributed by atoms with Crippen molar-refractivity contribution in [3.63, 3.8) is 0 Å². The van der Waals surface area contributed by atoms with Gasteiger partial charge < -0.3 is 29.1 Å². The Labute approximate surface area is 206 Å². The smallest absolute Gasteiger partial charge is 0.295 e. The summed E-state index contributed by atoms with van der Waals surface area (Å²) in [7, 11) is 6.93. The number of Topliss-reactive ketones (excluding diaryl/α,β-unsaturated/α-hetero) is 1. The fourth-order valence-corrected chi connectivity index (χ4v) is 4.20. The lowest BCUT2D eigenvalue weighted by molar-refractivity contribution is -0.140. The molecule has 2 aromatic rings. The highest BCUT2D eigenvalue weighted by Gasteiger charge is 2.47. The number of carbonyl (C=O) groups excluding carboxylic acids is 2. The lowest BCUT2D eigenvalue weighted by Crippen LogP contribution is -2.32. The highest BCUT2D eigenvalue weighted by molar-refractivity contribution is 6.46. The Morgan fingerprint density at radius 2 is 1.77 bits per heavy atom. The van der Waals surface area contributed by atoms with E-state index in [1.807, 2.05) is 25.9 Å². The first-order valence-electron chi connectivity index (χ1n) is 11.7. The van der Waals surface area contributed by atoms with Gasteiger partial charge in [0.15, 0.2) is 11.5 Å². The van der Waals surface area contributed by atoms with Crippen molar-refractivity contribution in [2.45, 2.75) is 25.8 Å². The minimum absolute atomic E-state index is 0.0219. The second kappa shape index (κ2) is 11.8. The third-order valence-electron chi connectivity index (χ3n) is 5.87. The molecule has 2 aromatic carbocycles. The fraction of sp³-hybridized carbons (Fsp3) is 0.407. The standard InChI is InChI=1S/C27H34N2O6/c1-6-17-35-19-13-11-18(12-14-19)24(30)22-23(20-9-7-10-21(33-4)26(20)34-5)29(27(32)25(22)31)16-8-15-28(2)3/h7,9-14,23,30H,6,8,15-17H2,1-5H3/t23-/m1/s1. The number of rotatable bonds is 11. The maximum absolute atomic E-state index is 13.3. The van der Waals surface area contributed by atoms with E-state index in [2.05, 4.69) is 0 Å². The van der Waals surface area contributed by atoms with Gasteiger partial charge in [0.05, 0.1) is 32.4 Å². The molecule has 0 unspecified atom stereocenters. The monoisotopic (exact) mass is 482 g/mol. The molecule has 1 atom stereocenters. The number of para-hydroxylation sites is 1. The van der Waals surface area contributed by atoms with Gasteiger partial charge in [-0.25, -0.2) is 0 Å². The van der Waals surface area contributed by atoms with E-state index in [-0.39, 0.29) is 11.3 Å². The Morgan fingerprint density at radius 1 is 1.06 bits per heavy atom. The van der Waals surface area contributed by atoms with Crippen LogP contribution in [0.4, 0.5) is 0 Å². The van der Waals surface area contributed by atoms with E-state index >= 15 is 0 Å². The lowest BCUT2D eigenvalue weighted by atomic mass is 9.94. The number of methoxy groups -OCH3 is 2. The van der Waals surface area contributed by atoms with Crippen LogP contribution in [0.3, 0.4) is 0 Å². The third kappa shape index (κ3) is 5.59. The first-order chi connectivity index (χ1) is 16.8. The Morgan fingerprint density at radius 3 is 2.37 bits per heavy atom. The molecule has 1 amide bonds. The summed E-state index contributed by atoms with van der Waals surface area (Å²) < 4.78 is 16.7. The molecule has 1 saturated heterocycles. The van der Waals surface area contributed by atoms with Crippen LogP contribution in [0.25, 0.3) is 5.76 Å². The van der Waals surface area contributed by atoms with Crippen LogP contribution in [0.2, 0.25) is 0 Å². The molecule has 35 heavy (non-hydrogen) atoms. The van der Waals surface area contributed by atoms with Crippen LogP contribution in [0.1, 0.15) is 36.9 Å². The summed E-state index contributed by atoms with van der Waals surface area (Å²) >= 11 is 0. The van der Waals surface area contributed by atoms with Crippen molar-refractivity contribution in [1.29, 1.82) is 0 Å². The zero-order chi connectivity index (χ0) is 25.5. The van der Waals surface area contributed by atoms with E-state index < -0.39 is 17.7 Å². The summed E-state index contributed by atoms with van der Waals surface area (Å²) in [5.74, 6) is -0.0689. The molecule has 1 aliphatic heterocycles. The molecule has 1 aliphatic rings. The van der Waals surface area contributed by atoms with Crippen LogP contribution in [0.5, 0.6) is 17.2 Å². The number of aliphatic hydroxyl groups is 1. The molecule has 0 aromatic heterocycles.